The average Bonchev–Trinajstić information content (AvgIpc) is 3.43. The highest BCUT2D eigenvalue weighted by atomic mass is 15.1. The van der Waals surface area contributed by atoms with Gasteiger partial charge in [0.1, 0.15) is 0 Å². The zero-order chi connectivity index (χ0) is 32.5. The van der Waals surface area contributed by atoms with Gasteiger partial charge in [-0.05, 0) is 94.1 Å². The Balaban J connectivity index is 1.12. The van der Waals surface area contributed by atoms with Crippen molar-refractivity contribution in [2.45, 2.75) is 32.1 Å². The molecule has 0 saturated heterocycles. The highest BCUT2D eigenvalue weighted by Crippen LogP contribution is 2.54. The van der Waals surface area contributed by atoms with Gasteiger partial charge < -0.3 is 4.90 Å². The second kappa shape index (κ2) is 12.5. The van der Waals surface area contributed by atoms with Crippen molar-refractivity contribution in [2.24, 2.45) is 0 Å². The van der Waals surface area contributed by atoms with Gasteiger partial charge in [0, 0.05) is 39.6 Å². The monoisotopic (exact) mass is 618 g/mol. The summed E-state index contributed by atoms with van der Waals surface area (Å²) >= 11 is 0. The van der Waals surface area contributed by atoms with Gasteiger partial charge in [-0.1, -0.05) is 135 Å². The van der Waals surface area contributed by atoms with E-state index in [1.165, 1.54) is 49.8 Å². The molecule has 0 aliphatic heterocycles. The highest BCUT2D eigenvalue weighted by molar-refractivity contribution is 5.94. The lowest BCUT2D eigenvalue weighted by atomic mass is 9.73. The molecular weight excluding hydrogens is 581 g/mol. The quantitative estimate of drug-likeness (QED) is 0.158. The fraction of sp³-hybridized carbons (Fsp3) is 0.109. The highest BCUT2D eigenvalue weighted by Gasteiger charge is 2.41. The zero-order valence-corrected chi connectivity index (χ0v) is 27.5. The summed E-state index contributed by atoms with van der Waals surface area (Å²) < 4.78 is 0. The van der Waals surface area contributed by atoms with Crippen LogP contribution in [-0.2, 0) is 5.41 Å². The first-order valence-electron chi connectivity index (χ1n) is 17.0. The molecule has 2 nitrogen and oxygen atoms in total. The molecule has 1 aliphatic carbocycles. The Morgan fingerprint density at radius 2 is 1.12 bits per heavy atom. The molecule has 0 unspecified atom stereocenters. The van der Waals surface area contributed by atoms with Gasteiger partial charge >= 0.3 is 0 Å². The number of anilines is 3. The largest absolute Gasteiger partial charge is 0.310 e. The van der Waals surface area contributed by atoms with Crippen molar-refractivity contribution < 1.29 is 0 Å². The van der Waals surface area contributed by atoms with E-state index in [9.17, 15) is 0 Å². The first kappa shape index (κ1) is 29.7. The molecule has 0 radical (unpaired) electrons. The number of nitrogens with zero attached hydrogens (tertiary/aromatic N) is 2. The lowest BCUT2D eigenvalue weighted by Gasteiger charge is -2.32. The minimum Gasteiger partial charge on any atom is -0.310 e. The maximum absolute atomic E-state index is 4.71. The summed E-state index contributed by atoms with van der Waals surface area (Å²) in [6.07, 6.45) is 8.45. The summed E-state index contributed by atoms with van der Waals surface area (Å²) in [5.41, 5.74) is 13.6. The molecule has 0 bridgehead atoms. The Hall–Kier alpha value is -5.73. The van der Waals surface area contributed by atoms with Crippen LogP contribution in [0.5, 0.6) is 0 Å². The third-order valence-corrected chi connectivity index (χ3v) is 10.2. The van der Waals surface area contributed by atoms with Crippen LogP contribution in [0.25, 0.3) is 45.3 Å². The molecule has 48 heavy (non-hydrogen) atoms. The molecule has 0 spiro atoms. The third kappa shape index (κ3) is 5.11. The van der Waals surface area contributed by atoms with Gasteiger partial charge in [0.05, 0.1) is 5.69 Å². The third-order valence-electron chi connectivity index (χ3n) is 10.2. The van der Waals surface area contributed by atoms with Crippen LogP contribution in [-0.4, -0.2) is 4.98 Å². The van der Waals surface area contributed by atoms with Crippen molar-refractivity contribution in [3.05, 3.63) is 180 Å². The molecule has 0 amide bonds. The van der Waals surface area contributed by atoms with E-state index in [1.54, 1.807) is 0 Å². The van der Waals surface area contributed by atoms with E-state index < -0.39 is 0 Å². The molecule has 0 saturated carbocycles. The molecule has 6 aromatic carbocycles. The van der Waals surface area contributed by atoms with Gasteiger partial charge in [0.2, 0.25) is 0 Å². The maximum Gasteiger partial charge on any atom is 0.0780 e. The van der Waals surface area contributed by atoms with Crippen LogP contribution in [0.3, 0.4) is 0 Å². The SMILES string of the molecule is CCC1(CC)c2cc(/C=C/c3ccc(-c4nccc5ccccc45)cc3)ccc2-c2ccc(N(c3ccccc3)c3ccccc3)cc21. The first-order valence-corrected chi connectivity index (χ1v) is 17.0. The summed E-state index contributed by atoms with van der Waals surface area (Å²) in [5, 5.41) is 2.39. The molecule has 0 fully saturated rings. The maximum atomic E-state index is 4.71. The summed E-state index contributed by atoms with van der Waals surface area (Å²) in [4.78, 5) is 7.08. The number of hydrogen-bond donors (Lipinski definition) is 0. The summed E-state index contributed by atoms with van der Waals surface area (Å²) in [7, 11) is 0. The summed E-state index contributed by atoms with van der Waals surface area (Å²) in [6, 6.07) is 54.7. The number of fused-ring (bicyclic) bond motifs is 4. The molecule has 1 aliphatic rings. The number of hydrogen-bond acceptors (Lipinski definition) is 2. The van der Waals surface area contributed by atoms with Crippen molar-refractivity contribution in [3.63, 3.8) is 0 Å². The van der Waals surface area contributed by atoms with Gasteiger partial charge in [0.15, 0.2) is 0 Å². The molecule has 2 heteroatoms. The molecule has 0 atom stereocenters. The van der Waals surface area contributed by atoms with E-state index in [2.05, 4.69) is 183 Å². The van der Waals surface area contributed by atoms with Crippen LogP contribution in [0.4, 0.5) is 17.1 Å². The fourth-order valence-electron chi connectivity index (χ4n) is 7.65. The van der Waals surface area contributed by atoms with E-state index in [0.29, 0.717) is 0 Å². The summed E-state index contributed by atoms with van der Waals surface area (Å²) in [5.74, 6) is 0. The Morgan fingerprint density at radius 3 is 1.81 bits per heavy atom. The smallest absolute Gasteiger partial charge is 0.0780 e. The van der Waals surface area contributed by atoms with E-state index in [4.69, 9.17) is 4.98 Å². The van der Waals surface area contributed by atoms with Crippen LogP contribution in [0.2, 0.25) is 0 Å². The lowest BCUT2D eigenvalue weighted by Crippen LogP contribution is -2.23. The predicted octanol–water partition coefficient (Wildman–Crippen LogP) is 12.6. The van der Waals surface area contributed by atoms with Gasteiger partial charge in [-0.25, -0.2) is 0 Å². The Kier molecular flexibility index (Phi) is 7.70. The van der Waals surface area contributed by atoms with E-state index in [0.717, 1.165) is 35.5 Å². The fourth-order valence-corrected chi connectivity index (χ4v) is 7.65. The Labute approximate surface area is 283 Å². The Morgan fingerprint density at radius 1 is 0.542 bits per heavy atom. The topological polar surface area (TPSA) is 16.1 Å². The second-order valence-corrected chi connectivity index (χ2v) is 12.7. The second-order valence-electron chi connectivity index (χ2n) is 12.7. The standard InChI is InChI=1S/C46H38N2/c1-3-46(4-2)43-31-34(20-19-33-21-24-36(25-22-33)45-40-18-12-11-13-35(40)29-30-47-45)23-27-41(43)42-28-26-39(32-44(42)46)48(37-14-7-5-8-15-37)38-16-9-6-10-17-38/h5-32H,3-4H2,1-2H3/b20-19+. The number of benzene rings is 6. The van der Waals surface area contributed by atoms with Crippen LogP contribution in [0.1, 0.15) is 48.9 Å². The first-order chi connectivity index (χ1) is 23.7. The Bertz CT molecular complexity index is 2200. The van der Waals surface area contributed by atoms with Gasteiger partial charge in [0.25, 0.3) is 0 Å². The van der Waals surface area contributed by atoms with Gasteiger partial charge in [-0.15, -0.1) is 0 Å². The number of pyridine rings is 1. The zero-order valence-electron chi connectivity index (χ0n) is 27.5. The van der Waals surface area contributed by atoms with Crippen LogP contribution < -0.4 is 4.90 Å². The number of aromatic nitrogens is 1. The molecular formula is C46H38N2. The van der Waals surface area contributed by atoms with Crippen LogP contribution in [0, 0.1) is 0 Å². The molecule has 8 rings (SSSR count). The minimum absolute atomic E-state index is 0.0450. The molecule has 232 valence electrons. The van der Waals surface area contributed by atoms with Crippen molar-refractivity contribution in [1.29, 1.82) is 0 Å². The van der Waals surface area contributed by atoms with E-state index in [-0.39, 0.29) is 5.41 Å². The predicted molar refractivity (Wildman–Crippen MR) is 204 cm³/mol. The van der Waals surface area contributed by atoms with E-state index in [1.807, 2.05) is 6.20 Å². The normalized spacial score (nSPS) is 13.0. The van der Waals surface area contributed by atoms with Crippen molar-refractivity contribution in [1.82, 2.24) is 4.98 Å². The minimum atomic E-state index is -0.0450. The van der Waals surface area contributed by atoms with Gasteiger partial charge in [-0.3, -0.25) is 4.98 Å². The number of para-hydroxylation sites is 2. The molecule has 1 heterocycles. The average molecular weight is 619 g/mol. The summed E-state index contributed by atoms with van der Waals surface area (Å²) in [6.45, 7) is 4.69. The van der Waals surface area contributed by atoms with Crippen molar-refractivity contribution in [3.8, 4) is 22.4 Å². The molecule has 7 aromatic rings. The van der Waals surface area contributed by atoms with Gasteiger partial charge in [-0.2, -0.15) is 0 Å². The van der Waals surface area contributed by atoms with Crippen LogP contribution >= 0.6 is 0 Å². The number of rotatable bonds is 8. The lowest BCUT2D eigenvalue weighted by molar-refractivity contribution is 0.490. The van der Waals surface area contributed by atoms with Crippen molar-refractivity contribution >= 4 is 40.0 Å². The molecule has 0 N–H and O–H groups in total. The van der Waals surface area contributed by atoms with Crippen molar-refractivity contribution in [2.75, 3.05) is 4.90 Å². The molecule has 1 aromatic heterocycles. The van der Waals surface area contributed by atoms with Crippen LogP contribution in [0.15, 0.2) is 158 Å². The van der Waals surface area contributed by atoms with E-state index >= 15 is 0 Å².